The summed E-state index contributed by atoms with van der Waals surface area (Å²) in [7, 11) is 0. The van der Waals surface area contributed by atoms with E-state index < -0.39 is 17.7 Å². The molecule has 0 unspecified atom stereocenters. The van der Waals surface area contributed by atoms with Crippen molar-refractivity contribution in [2.45, 2.75) is 52.4 Å². The van der Waals surface area contributed by atoms with E-state index in [9.17, 15) is 13.9 Å². The van der Waals surface area contributed by atoms with Crippen LogP contribution in [0.2, 0.25) is 0 Å². The second-order valence-electron chi connectivity index (χ2n) is 9.47. The molecule has 188 valence electrons. The van der Waals surface area contributed by atoms with E-state index >= 15 is 0 Å². The Morgan fingerprint density at radius 2 is 1.89 bits per heavy atom. The van der Waals surface area contributed by atoms with Crippen LogP contribution in [0, 0.1) is 24.5 Å². The predicted octanol–water partition coefficient (Wildman–Crippen LogP) is 5.25. The summed E-state index contributed by atoms with van der Waals surface area (Å²) in [6.45, 7) is 7.75. The summed E-state index contributed by atoms with van der Waals surface area (Å²) in [6.07, 6.45) is 1.74. The molecule has 3 aromatic rings. The van der Waals surface area contributed by atoms with Crippen molar-refractivity contribution in [2.75, 3.05) is 19.7 Å². The SMILES string of the molecule is Cc1nn(-c2ccccc2)c(Oc2ccc(F)cc2F)c1CN(CC1CC1)C[C@@H](O)COC(C)C. The summed E-state index contributed by atoms with van der Waals surface area (Å²) in [6, 6.07) is 12.7. The van der Waals surface area contributed by atoms with Crippen LogP contribution >= 0.6 is 0 Å². The first-order valence-corrected chi connectivity index (χ1v) is 12.1. The van der Waals surface area contributed by atoms with E-state index in [0.29, 0.717) is 24.9 Å². The summed E-state index contributed by atoms with van der Waals surface area (Å²) < 4.78 is 41.3. The molecule has 0 radical (unpaired) electrons. The molecule has 1 heterocycles. The average molecular weight is 486 g/mol. The topological polar surface area (TPSA) is 59.8 Å². The van der Waals surface area contributed by atoms with Crippen LogP contribution in [0.3, 0.4) is 0 Å². The minimum atomic E-state index is -0.787. The maximum atomic E-state index is 14.5. The van der Waals surface area contributed by atoms with E-state index in [2.05, 4.69) is 4.90 Å². The quantitative estimate of drug-likeness (QED) is 0.380. The number of benzene rings is 2. The summed E-state index contributed by atoms with van der Waals surface area (Å²) in [5, 5.41) is 15.3. The number of nitrogens with zero attached hydrogens (tertiary/aromatic N) is 3. The third kappa shape index (κ3) is 6.87. The van der Waals surface area contributed by atoms with Crippen LogP contribution in [0.1, 0.15) is 37.9 Å². The molecule has 0 amide bonds. The first-order chi connectivity index (χ1) is 16.8. The Kier molecular flexibility index (Phi) is 8.15. The van der Waals surface area contributed by atoms with Gasteiger partial charge in [0, 0.05) is 25.7 Å². The fourth-order valence-electron chi connectivity index (χ4n) is 3.98. The zero-order valence-electron chi connectivity index (χ0n) is 20.5. The third-order valence-corrected chi connectivity index (χ3v) is 5.92. The fraction of sp³-hybridized carbons (Fsp3) is 0.444. The van der Waals surface area contributed by atoms with Gasteiger partial charge in [-0.25, -0.2) is 13.5 Å². The van der Waals surface area contributed by atoms with Crippen molar-refractivity contribution < 1.29 is 23.4 Å². The number of hydrogen-bond donors (Lipinski definition) is 1. The van der Waals surface area contributed by atoms with E-state index in [-0.39, 0.29) is 18.5 Å². The van der Waals surface area contributed by atoms with Crippen LogP contribution in [0.5, 0.6) is 11.6 Å². The Morgan fingerprint density at radius 3 is 2.54 bits per heavy atom. The lowest BCUT2D eigenvalue weighted by Gasteiger charge is -2.26. The highest BCUT2D eigenvalue weighted by molar-refractivity contribution is 5.43. The molecule has 1 N–H and O–H groups in total. The second-order valence-corrected chi connectivity index (χ2v) is 9.47. The van der Waals surface area contributed by atoms with Crippen LogP contribution < -0.4 is 4.74 Å². The third-order valence-electron chi connectivity index (χ3n) is 5.92. The zero-order chi connectivity index (χ0) is 24.9. The number of rotatable bonds is 12. The van der Waals surface area contributed by atoms with Gasteiger partial charge in [0.15, 0.2) is 11.6 Å². The van der Waals surface area contributed by atoms with Crippen LogP contribution in [0.15, 0.2) is 48.5 Å². The lowest BCUT2D eigenvalue weighted by atomic mass is 10.2. The smallest absolute Gasteiger partial charge is 0.227 e. The van der Waals surface area contributed by atoms with Gasteiger partial charge in [0.1, 0.15) is 5.82 Å². The lowest BCUT2D eigenvalue weighted by Crippen LogP contribution is -2.36. The van der Waals surface area contributed by atoms with Gasteiger partial charge in [-0.15, -0.1) is 0 Å². The molecule has 1 saturated carbocycles. The summed E-state index contributed by atoms with van der Waals surface area (Å²) in [5.41, 5.74) is 2.29. The van der Waals surface area contributed by atoms with E-state index in [1.54, 1.807) is 4.68 Å². The molecule has 0 saturated heterocycles. The molecule has 1 aliphatic rings. The minimum Gasteiger partial charge on any atom is -0.435 e. The first-order valence-electron chi connectivity index (χ1n) is 12.1. The molecule has 35 heavy (non-hydrogen) atoms. The lowest BCUT2D eigenvalue weighted by molar-refractivity contribution is -0.0101. The maximum Gasteiger partial charge on any atom is 0.227 e. The van der Waals surface area contributed by atoms with E-state index in [1.165, 1.54) is 25.0 Å². The average Bonchev–Trinajstić information content (AvgIpc) is 3.59. The largest absolute Gasteiger partial charge is 0.435 e. The van der Waals surface area contributed by atoms with Gasteiger partial charge in [-0.05, 0) is 63.8 Å². The Hall–Kier alpha value is -2.81. The monoisotopic (exact) mass is 485 g/mol. The molecule has 0 bridgehead atoms. The molecular formula is C27H33F2N3O3. The maximum absolute atomic E-state index is 14.5. The van der Waals surface area contributed by atoms with Crippen molar-refractivity contribution in [1.29, 1.82) is 0 Å². The van der Waals surface area contributed by atoms with Crippen LogP contribution in [0.4, 0.5) is 8.78 Å². The van der Waals surface area contributed by atoms with Gasteiger partial charge in [0.2, 0.25) is 5.88 Å². The number of aliphatic hydroxyl groups excluding tert-OH is 1. The van der Waals surface area contributed by atoms with Crippen LogP contribution in [-0.4, -0.2) is 51.7 Å². The zero-order valence-corrected chi connectivity index (χ0v) is 20.5. The number of halogens is 2. The molecule has 8 heteroatoms. The molecule has 1 aliphatic carbocycles. The van der Waals surface area contributed by atoms with Crippen LogP contribution in [0.25, 0.3) is 5.69 Å². The van der Waals surface area contributed by atoms with Gasteiger partial charge in [-0.1, -0.05) is 18.2 Å². The molecule has 4 rings (SSSR count). The molecule has 1 fully saturated rings. The Bertz CT molecular complexity index is 1120. The summed E-state index contributed by atoms with van der Waals surface area (Å²) >= 11 is 0. The van der Waals surface area contributed by atoms with Gasteiger partial charge < -0.3 is 14.6 Å². The highest BCUT2D eigenvalue weighted by Gasteiger charge is 2.28. The van der Waals surface area contributed by atoms with Gasteiger partial charge in [0.25, 0.3) is 0 Å². The molecule has 0 aliphatic heterocycles. The number of aromatic nitrogens is 2. The summed E-state index contributed by atoms with van der Waals surface area (Å²) in [5.74, 6) is -0.574. The Balaban J connectivity index is 1.65. The van der Waals surface area contributed by atoms with Gasteiger partial charge in [-0.2, -0.15) is 5.10 Å². The summed E-state index contributed by atoms with van der Waals surface area (Å²) in [4.78, 5) is 2.18. The molecule has 2 aromatic carbocycles. The Morgan fingerprint density at radius 1 is 1.14 bits per heavy atom. The highest BCUT2D eigenvalue weighted by Crippen LogP contribution is 2.35. The van der Waals surface area contributed by atoms with Gasteiger partial charge >= 0.3 is 0 Å². The highest BCUT2D eigenvalue weighted by atomic mass is 19.1. The normalized spacial score (nSPS) is 14.6. The number of ether oxygens (including phenoxy) is 2. The van der Waals surface area contributed by atoms with E-state index in [1.807, 2.05) is 51.1 Å². The Labute approximate surface area is 205 Å². The van der Waals surface area contributed by atoms with Crippen molar-refractivity contribution >= 4 is 0 Å². The second kappa shape index (κ2) is 11.3. The number of hydrogen-bond acceptors (Lipinski definition) is 5. The van der Waals surface area contributed by atoms with E-state index in [4.69, 9.17) is 14.6 Å². The number of aliphatic hydroxyl groups is 1. The van der Waals surface area contributed by atoms with Crippen molar-refractivity contribution in [3.8, 4) is 17.3 Å². The van der Waals surface area contributed by atoms with Crippen molar-refractivity contribution in [3.05, 3.63) is 71.4 Å². The number of aryl methyl sites for hydroxylation is 1. The van der Waals surface area contributed by atoms with Crippen molar-refractivity contribution in [3.63, 3.8) is 0 Å². The first kappa shape index (κ1) is 25.3. The van der Waals surface area contributed by atoms with E-state index in [0.717, 1.165) is 29.6 Å². The predicted molar refractivity (Wildman–Crippen MR) is 130 cm³/mol. The van der Waals surface area contributed by atoms with Gasteiger partial charge in [-0.3, -0.25) is 4.90 Å². The van der Waals surface area contributed by atoms with Gasteiger partial charge in [0.05, 0.1) is 35.8 Å². The van der Waals surface area contributed by atoms with Crippen molar-refractivity contribution in [1.82, 2.24) is 14.7 Å². The fourth-order valence-corrected chi connectivity index (χ4v) is 3.98. The molecular weight excluding hydrogens is 452 g/mol. The van der Waals surface area contributed by atoms with Crippen LogP contribution in [-0.2, 0) is 11.3 Å². The standard InChI is InChI=1S/C27H33F2N3O3/c1-18(2)34-17-23(33)15-31(14-20-9-10-20)16-24-19(3)30-32(22-7-5-4-6-8-22)27(24)35-26-12-11-21(28)13-25(26)29/h4-8,11-13,18,20,23,33H,9-10,14-17H2,1-3H3/t23-/m1/s1. The molecule has 6 nitrogen and oxygen atoms in total. The minimum absolute atomic E-state index is 0.0403. The molecule has 1 atom stereocenters. The number of para-hydroxylation sites is 1. The molecule has 1 aromatic heterocycles. The molecule has 0 spiro atoms. The van der Waals surface area contributed by atoms with Crippen molar-refractivity contribution in [2.24, 2.45) is 5.92 Å².